The van der Waals surface area contributed by atoms with Gasteiger partial charge in [0.1, 0.15) is 5.52 Å². The third-order valence-corrected chi connectivity index (χ3v) is 4.10. The number of H-pyrrole nitrogens is 1. The molecular weight excluding hydrogens is 312 g/mol. The molecule has 0 aromatic carbocycles. The molecule has 1 amide bonds. The van der Waals surface area contributed by atoms with Gasteiger partial charge in [0.15, 0.2) is 5.16 Å². The first-order valence-corrected chi connectivity index (χ1v) is 8.62. The van der Waals surface area contributed by atoms with E-state index in [-0.39, 0.29) is 28.8 Å². The highest BCUT2D eigenvalue weighted by molar-refractivity contribution is 7.99. The maximum absolute atomic E-state index is 12.7. The number of carbonyl (C=O) groups is 1. The molecule has 0 aliphatic carbocycles. The molecule has 0 aliphatic heterocycles. The first-order chi connectivity index (χ1) is 10.6. The highest BCUT2D eigenvalue weighted by Gasteiger charge is 2.18. The number of thioether (sulfide) groups is 1. The van der Waals surface area contributed by atoms with Gasteiger partial charge in [-0.3, -0.25) is 14.2 Å². The average molecular weight is 336 g/mol. The second-order valence-electron chi connectivity index (χ2n) is 6.96. The number of nitrogens with one attached hydrogen (secondary N) is 2. The summed E-state index contributed by atoms with van der Waals surface area (Å²) < 4.78 is 1.63. The van der Waals surface area contributed by atoms with Crippen molar-refractivity contribution in [1.29, 1.82) is 0 Å². The molecule has 2 aromatic rings. The first-order valence-electron chi connectivity index (χ1n) is 7.64. The van der Waals surface area contributed by atoms with Crippen LogP contribution in [-0.4, -0.2) is 31.7 Å². The smallest absolute Gasteiger partial charge is 0.278 e. The van der Waals surface area contributed by atoms with Crippen LogP contribution in [0.15, 0.2) is 16.0 Å². The highest BCUT2D eigenvalue weighted by atomic mass is 32.2. The Kier molecular flexibility index (Phi) is 4.89. The van der Waals surface area contributed by atoms with E-state index < -0.39 is 0 Å². The number of aromatic amines is 1. The van der Waals surface area contributed by atoms with E-state index in [1.165, 1.54) is 11.8 Å². The Hall–Kier alpha value is -1.76. The minimum atomic E-state index is -0.273. The lowest BCUT2D eigenvalue weighted by molar-refractivity contribution is -0.119. The van der Waals surface area contributed by atoms with Gasteiger partial charge in [-0.2, -0.15) is 0 Å². The molecule has 0 spiro atoms. The van der Waals surface area contributed by atoms with E-state index in [0.717, 1.165) is 5.69 Å². The predicted octanol–water partition coefficient (Wildman–Crippen LogP) is 2.62. The lowest BCUT2D eigenvalue weighted by Gasteiger charge is -2.20. The molecule has 0 aliphatic rings. The van der Waals surface area contributed by atoms with E-state index in [0.29, 0.717) is 16.2 Å². The maximum atomic E-state index is 12.7. The standard InChI is InChI=1S/C16H24N4O2S/c1-9(2)20-14(22)13-11(7-10(3)17-13)18-15(20)23-8-12(21)19-16(4,5)6/h7,9,17H,8H2,1-6H3,(H,19,21). The average Bonchev–Trinajstić information content (AvgIpc) is 2.74. The van der Waals surface area contributed by atoms with Gasteiger partial charge in [-0.25, -0.2) is 4.98 Å². The lowest BCUT2D eigenvalue weighted by atomic mass is 10.1. The zero-order valence-electron chi connectivity index (χ0n) is 14.5. The number of fused-ring (bicyclic) bond motifs is 1. The fourth-order valence-corrected chi connectivity index (χ4v) is 3.26. The van der Waals surface area contributed by atoms with Gasteiger partial charge in [-0.1, -0.05) is 11.8 Å². The predicted molar refractivity (Wildman–Crippen MR) is 94.1 cm³/mol. The SMILES string of the molecule is Cc1cc2nc(SCC(=O)NC(C)(C)C)n(C(C)C)c(=O)c2[nH]1. The fraction of sp³-hybridized carbons (Fsp3) is 0.562. The number of hydrogen-bond donors (Lipinski definition) is 2. The van der Waals surface area contributed by atoms with Gasteiger partial charge >= 0.3 is 0 Å². The molecule has 6 nitrogen and oxygen atoms in total. The molecule has 0 saturated heterocycles. The topological polar surface area (TPSA) is 79.8 Å². The van der Waals surface area contributed by atoms with Crippen molar-refractivity contribution in [3.8, 4) is 0 Å². The van der Waals surface area contributed by atoms with Crippen molar-refractivity contribution < 1.29 is 4.79 Å². The number of aryl methyl sites for hydroxylation is 1. The van der Waals surface area contributed by atoms with Crippen molar-refractivity contribution in [2.45, 2.75) is 58.3 Å². The van der Waals surface area contributed by atoms with Crippen molar-refractivity contribution in [2.24, 2.45) is 0 Å². The zero-order chi connectivity index (χ0) is 17.4. The largest absolute Gasteiger partial charge is 0.353 e. The number of nitrogens with zero attached hydrogens (tertiary/aromatic N) is 2. The third kappa shape index (κ3) is 4.16. The van der Waals surface area contributed by atoms with E-state index in [4.69, 9.17) is 0 Å². The Labute approximate surface area is 140 Å². The molecule has 2 heterocycles. The molecule has 0 saturated carbocycles. The molecule has 7 heteroatoms. The minimum absolute atomic E-state index is 0.0313. The van der Waals surface area contributed by atoms with Crippen LogP contribution >= 0.6 is 11.8 Å². The Bertz CT molecular complexity index is 784. The van der Waals surface area contributed by atoms with E-state index in [1.807, 2.05) is 47.6 Å². The summed E-state index contributed by atoms with van der Waals surface area (Å²) in [5.41, 5.74) is 1.68. The number of carbonyl (C=O) groups excluding carboxylic acids is 1. The Morgan fingerprint density at radius 3 is 2.65 bits per heavy atom. The summed E-state index contributed by atoms with van der Waals surface area (Å²) in [7, 11) is 0. The molecule has 0 fully saturated rings. The van der Waals surface area contributed by atoms with E-state index in [2.05, 4.69) is 15.3 Å². The molecule has 126 valence electrons. The summed E-state index contributed by atoms with van der Waals surface area (Å²) in [6, 6.07) is 1.82. The molecule has 2 N–H and O–H groups in total. The molecular formula is C16H24N4O2S. The van der Waals surface area contributed by atoms with Gasteiger partial charge < -0.3 is 10.3 Å². The highest BCUT2D eigenvalue weighted by Crippen LogP contribution is 2.21. The van der Waals surface area contributed by atoms with Crippen molar-refractivity contribution in [2.75, 3.05) is 5.75 Å². The van der Waals surface area contributed by atoms with Crippen LogP contribution < -0.4 is 10.9 Å². The number of hydrogen-bond acceptors (Lipinski definition) is 4. The normalized spacial score (nSPS) is 12.1. The van der Waals surface area contributed by atoms with Gasteiger partial charge in [0, 0.05) is 17.3 Å². The van der Waals surface area contributed by atoms with Crippen LogP contribution in [0.3, 0.4) is 0 Å². The quantitative estimate of drug-likeness (QED) is 0.664. The maximum Gasteiger partial charge on any atom is 0.278 e. The van der Waals surface area contributed by atoms with Gasteiger partial charge in [0.25, 0.3) is 5.56 Å². The summed E-state index contributed by atoms with van der Waals surface area (Å²) in [5, 5.41) is 3.48. The molecule has 23 heavy (non-hydrogen) atoms. The summed E-state index contributed by atoms with van der Waals surface area (Å²) in [6.45, 7) is 11.6. The molecule has 0 bridgehead atoms. The van der Waals surface area contributed by atoms with Crippen molar-refractivity contribution in [3.05, 3.63) is 22.1 Å². The van der Waals surface area contributed by atoms with E-state index in [1.54, 1.807) is 4.57 Å². The monoisotopic (exact) mass is 336 g/mol. The van der Waals surface area contributed by atoms with E-state index >= 15 is 0 Å². The fourth-order valence-electron chi connectivity index (χ4n) is 2.33. The number of amides is 1. The van der Waals surface area contributed by atoms with Gasteiger partial charge in [0.05, 0.1) is 11.3 Å². The van der Waals surface area contributed by atoms with Gasteiger partial charge in [0.2, 0.25) is 5.91 Å². The van der Waals surface area contributed by atoms with Crippen LogP contribution in [-0.2, 0) is 4.79 Å². The number of rotatable bonds is 4. The van der Waals surface area contributed by atoms with Crippen LogP contribution in [0, 0.1) is 6.92 Å². The van der Waals surface area contributed by atoms with E-state index in [9.17, 15) is 9.59 Å². The van der Waals surface area contributed by atoms with Crippen molar-refractivity contribution in [3.63, 3.8) is 0 Å². The summed E-state index contributed by atoms with van der Waals surface area (Å²) >= 11 is 1.29. The lowest BCUT2D eigenvalue weighted by Crippen LogP contribution is -2.41. The zero-order valence-corrected chi connectivity index (χ0v) is 15.3. The van der Waals surface area contributed by atoms with Gasteiger partial charge in [-0.15, -0.1) is 0 Å². The molecule has 2 rings (SSSR count). The minimum Gasteiger partial charge on any atom is -0.353 e. The summed E-state index contributed by atoms with van der Waals surface area (Å²) in [6.07, 6.45) is 0. The molecule has 0 atom stereocenters. The van der Waals surface area contributed by atoms with Crippen molar-refractivity contribution in [1.82, 2.24) is 19.9 Å². The Morgan fingerprint density at radius 1 is 1.43 bits per heavy atom. The number of aromatic nitrogens is 3. The Morgan fingerprint density at radius 2 is 2.09 bits per heavy atom. The van der Waals surface area contributed by atoms with Crippen molar-refractivity contribution >= 4 is 28.7 Å². The molecule has 2 aromatic heterocycles. The molecule has 0 radical (unpaired) electrons. The van der Waals surface area contributed by atoms with Crippen LogP contribution in [0.25, 0.3) is 11.0 Å². The summed E-state index contributed by atoms with van der Waals surface area (Å²) in [4.78, 5) is 32.3. The Balaban J connectivity index is 2.34. The van der Waals surface area contributed by atoms with Crippen LogP contribution in [0.5, 0.6) is 0 Å². The second-order valence-corrected chi connectivity index (χ2v) is 7.91. The summed E-state index contributed by atoms with van der Waals surface area (Å²) in [5.74, 6) is 0.156. The first kappa shape index (κ1) is 17.6. The third-order valence-electron chi connectivity index (χ3n) is 3.15. The second kappa shape index (κ2) is 6.39. The van der Waals surface area contributed by atoms with Crippen LogP contribution in [0.4, 0.5) is 0 Å². The van der Waals surface area contributed by atoms with Crippen LogP contribution in [0.1, 0.15) is 46.4 Å². The molecule has 0 unspecified atom stereocenters. The van der Waals surface area contributed by atoms with Crippen LogP contribution in [0.2, 0.25) is 0 Å². The van der Waals surface area contributed by atoms with Gasteiger partial charge in [-0.05, 0) is 47.6 Å².